The van der Waals surface area contributed by atoms with Crippen LogP contribution >= 0.6 is 45.9 Å². The zero-order valence-electron chi connectivity index (χ0n) is 7.50. The van der Waals surface area contributed by atoms with E-state index in [9.17, 15) is 4.79 Å². The van der Waals surface area contributed by atoms with Gasteiger partial charge in [0.2, 0.25) is 0 Å². The van der Waals surface area contributed by atoms with Gasteiger partial charge in [-0.3, -0.25) is 4.79 Å². The second kappa shape index (κ2) is 4.66. The number of halogens is 2. The van der Waals surface area contributed by atoms with Crippen LogP contribution in [-0.4, -0.2) is 5.78 Å². The minimum Gasteiger partial charge on any atom is -0.293 e. The van der Waals surface area contributed by atoms with E-state index in [1.165, 1.54) is 22.7 Å². The largest absolute Gasteiger partial charge is 0.293 e. The minimum absolute atomic E-state index is 0.0496. The summed E-state index contributed by atoms with van der Waals surface area (Å²) in [6, 6.07) is 5.40. The molecule has 2 aromatic heterocycles. The number of carbonyl (C=O) groups is 1. The van der Waals surface area contributed by atoms with Crippen molar-refractivity contribution in [3.05, 3.63) is 42.7 Å². The van der Waals surface area contributed by atoms with Crippen LogP contribution in [0.1, 0.15) is 14.5 Å². The van der Waals surface area contributed by atoms with Crippen LogP contribution < -0.4 is 0 Å². The van der Waals surface area contributed by atoms with Gasteiger partial charge in [0, 0.05) is 11.3 Å². The molecule has 0 radical (unpaired) electrons. The van der Waals surface area contributed by atoms with Crippen molar-refractivity contribution < 1.29 is 4.79 Å². The van der Waals surface area contributed by atoms with E-state index < -0.39 is 0 Å². The third-order valence-electron chi connectivity index (χ3n) is 1.83. The molecule has 0 saturated carbocycles. The Bertz CT molecular complexity index is 487. The van der Waals surface area contributed by atoms with Gasteiger partial charge in [-0.2, -0.15) is 0 Å². The van der Waals surface area contributed by atoms with Gasteiger partial charge < -0.3 is 0 Å². The van der Waals surface area contributed by atoms with Crippen molar-refractivity contribution in [2.45, 2.75) is 6.42 Å². The molecule has 5 heteroatoms. The average molecular weight is 277 g/mol. The number of hydrogen-bond acceptors (Lipinski definition) is 3. The molecule has 0 aliphatic rings. The maximum Gasteiger partial charge on any atom is 0.179 e. The van der Waals surface area contributed by atoms with Crippen molar-refractivity contribution in [2.24, 2.45) is 0 Å². The second-order valence-corrected chi connectivity index (χ2v) is 6.03. The Morgan fingerprint density at radius 3 is 2.60 bits per heavy atom. The van der Waals surface area contributed by atoms with E-state index >= 15 is 0 Å². The normalized spacial score (nSPS) is 10.5. The van der Waals surface area contributed by atoms with Crippen molar-refractivity contribution in [1.29, 1.82) is 0 Å². The van der Waals surface area contributed by atoms with E-state index in [1.54, 1.807) is 12.1 Å². The lowest BCUT2D eigenvalue weighted by atomic mass is 10.2. The molecule has 0 bridgehead atoms. The topological polar surface area (TPSA) is 17.1 Å². The van der Waals surface area contributed by atoms with Gasteiger partial charge in [0.1, 0.15) is 0 Å². The standard InChI is InChI=1S/C10H6Cl2OS2/c11-7-3-4-14-10(7)8(13)5-6-1-2-9(12)15-6/h1-4H,5H2. The lowest BCUT2D eigenvalue weighted by molar-refractivity contribution is 0.0998. The number of rotatable bonds is 3. The van der Waals surface area contributed by atoms with Crippen LogP contribution in [0.5, 0.6) is 0 Å². The van der Waals surface area contributed by atoms with Crippen LogP contribution in [0.3, 0.4) is 0 Å². The van der Waals surface area contributed by atoms with Crippen molar-refractivity contribution in [3.63, 3.8) is 0 Å². The van der Waals surface area contributed by atoms with Crippen LogP contribution in [-0.2, 0) is 6.42 Å². The molecular weight excluding hydrogens is 271 g/mol. The molecule has 2 aromatic rings. The Hall–Kier alpha value is -0.350. The maximum absolute atomic E-state index is 11.8. The highest BCUT2D eigenvalue weighted by atomic mass is 35.5. The molecule has 0 aliphatic heterocycles. The maximum atomic E-state index is 11.8. The van der Waals surface area contributed by atoms with Crippen molar-refractivity contribution in [1.82, 2.24) is 0 Å². The summed E-state index contributed by atoms with van der Waals surface area (Å²) in [7, 11) is 0. The quantitative estimate of drug-likeness (QED) is 0.753. The molecule has 78 valence electrons. The molecule has 0 atom stereocenters. The van der Waals surface area contributed by atoms with Crippen LogP contribution in [0.2, 0.25) is 9.36 Å². The van der Waals surface area contributed by atoms with Gasteiger partial charge in [0.25, 0.3) is 0 Å². The number of thiophene rings is 2. The lowest BCUT2D eigenvalue weighted by Gasteiger charge is -1.95. The predicted molar refractivity (Wildman–Crippen MR) is 66.7 cm³/mol. The summed E-state index contributed by atoms with van der Waals surface area (Å²) >= 11 is 14.5. The van der Waals surface area contributed by atoms with E-state index in [1.807, 2.05) is 11.4 Å². The highest BCUT2D eigenvalue weighted by molar-refractivity contribution is 7.16. The smallest absolute Gasteiger partial charge is 0.179 e. The molecule has 2 rings (SSSR count). The molecule has 0 saturated heterocycles. The number of hydrogen-bond donors (Lipinski definition) is 0. The zero-order chi connectivity index (χ0) is 10.8. The second-order valence-electron chi connectivity index (χ2n) is 2.90. The third kappa shape index (κ3) is 2.61. The van der Waals surface area contributed by atoms with E-state index in [0.717, 1.165) is 4.88 Å². The monoisotopic (exact) mass is 276 g/mol. The molecule has 0 amide bonds. The van der Waals surface area contributed by atoms with E-state index in [-0.39, 0.29) is 5.78 Å². The Balaban J connectivity index is 2.14. The first-order valence-electron chi connectivity index (χ1n) is 4.17. The lowest BCUT2D eigenvalue weighted by Crippen LogP contribution is -1.99. The molecule has 1 nitrogen and oxygen atoms in total. The fourth-order valence-corrected chi connectivity index (χ4v) is 3.37. The number of carbonyl (C=O) groups excluding carboxylic acids is 1. The number of ketones is 1. The van der Waals surface area contributed by atoms with Gasteiger partial charge in [-0.25, -0.2) is 0 Å². The highest BCUT2D eigenvalue weighted by Crippen LogP contribution is 2.26. The summed E-state index contributed by atoms with van der Waals surface area (Å²) in [5.74, 6) is 0.0496. The van der Waals surface area contributed by atoms with Crippen molar-refractivity contribution >= 4 is 51.7 Å². The molecule has 2 heterocycles. The van der Waals surface area contributed by atoms with Crippen LogP contribution in [0, 0.1) is 0 Å². The van der Waals surface area contributed by atoms with E-state index in [2.05, 4.69) is 0 Å². The minimum atomic E-state index is 0.0496. The molecule has 0 fully saturated rings. The van der Waals surface area contributed by atoms with Crippen LogP contribution in [0.4, 0.5) is 0 Å². The molecule has 0 aromatic carbocycles. The Kier molecular flexibility index (Phi) is 3.46. The predicted octanol–water partition coefficient (Wildman–Crippen LogP) is 4.54. The van der Waals surface area contributed by atoms with Crippen molar-refractivity contribution in [2.75, 3.05) is 0 Å². The number of Topliss-reactive ketones (excluding diaryl/α,β-unsaturated/α-hetero) is 1. The highest BCUT2D eigenvalue weighted by Gasteiger charge is 2.13. The first kappa shape index (κ1) is 11.1. The molecule has 0 unspecified atom stereocenters. The summed E-state index contributed by atoms with van der Waals surface area (Å²) in [4.78, 5) is 13.4. The van der Waals surface area contributed by atoms with Gasteiger partial charge in [0.15, 0.2) is 5.78 Å². The Morgan fingerprint density at radius 1 is 1.27 bits per heavy atom. The van der Waals surface area contributed by atoms with E-state index in [0.29, 0.717) is 20.7 Å². The van der Waals surface area contributed by atoms with Gasteiger partial charge in [-0.05, 0) is 23.6 Å². The molecule has 0 aliphatic carbocycles. The van der Waals surface area contributed by atoms with Crippen molar-refractivity contribution in [3.8, 4) is 0 Å². The van der Waals surface area contributed by atoms with Gasteiger partial charge in [0.05, 0.1) is 14.2 Å². The Morgan fingerprint density at radius 2 is 2.07 bits per heavy atom. The van der Waals surface area contributed by atoms with Crippen LogP contribution in [0.25, 0.3) is 0 Å². The fraction of sp³-hybridized carbons (Fsp3) is 0.100. The van der Waals surface area contributed by atoms with E-state index in [4.69, 9.17) is 23.2 Å². The summed E-state index contributed by atoms with van der Waals surface area (Å²) in [5.41, 5.74) is 0. The summed E-state index contributed by atoms with van der Waals surface area (Å²) < 4.78 is 0.704. The summed E-state index contributed by atoms with van der Waals surface area (Å²) in [5, 5.41) is 2.35. The molecule has 0 N–H and O–H groups in total. The van der Waals surface area contributed by atoms with Gasteiger partial charge in [-0.1, -0.05) is 23.2 Å². The summed E-state index contributed by atoms with van der Waals surface area (Å²) in [6.07, 6.45) is 0.373. The van der Waals surface area contributed by atoms with Gasteiger partial charge in [-0.15, -0.1) is 22.7 Å². The first-order valence-corrected chi connectivity index (χ1v) is 6.62. The third-order valence-corrected chi connectivity index (χ3v) is 4.45. The fourth-order valence-electron chi connectivity index (χ4n) is 1.18. The zero-order valence-corrected chi connectivity index (χ0v) is 10.6. The SMILES string of the molecule is O=C(Cc1ccc(Cl)s1)c1sccc1Cl. The molecular formula is C10H6Cl2OS2. The molecule has 0 spiro atoms. The summed E-state index contributed by atoms with van der Waals surface area (Å²) in [6.45, 7) is 0. The molecule has 15 heavy (non-hydrogen) atoms. The van der Waals surface area contributed by atoms with Gasteiger partial charge >= 0.3 is 0 Å². The Labute approximate surface area is 105 Å². The average Bonchev–Trinajstić information content (AvgIpc) is 2.75. The van der Waals surface area contributed by atoms with Crippen LogP contribution in [0.15, 0.2) is 23.6 Å². The first-order chi connectivity index (χ1) is 7.16.